The fraction of sp³-hybridized carbons (Fsp3) is 0.300. The van der Waals surface area contributed by atoms with Crippen LogP contribution in [0.5, 0.6) is 0 Å². The van der Waals surface area contributed by atoms with Gasteiger partial charge >= 0.3 is 0 Å². The van der Waals surface area contributed by atoms with Crippen LogP contribution in [-0.4, -0.2) is 18.0 Å². The molecule has 0 saturated carbocycles. The molecule has 0 aliphatic rings. The van der Waals surface area contributed by atoms with Crippen LogP contribution in [-0.2, 0) is 20.1 Å². The van der Waals surface area contributed by atoms with Gasteiger partial charge in [-0.25, -0.2) is 0 Å². The summed E-state index contributed by atoms with van der Waals surface area (Å²) in [6.07, 6.45) is 4.13. The minimum atomic E-state index is -1.42. The molecule has 5 rings (SSSR count). The first-order valence-corrected chi connectivity index (χ1v) is 18.9. The summed E-state index contributed by atoms with van der Waals surface area (Å²) in [6.45, 7) is 20.9. The molecular formula is C40H46IrN2Si-2. The second-order valence-corrected chi connectivity index (χ2v) is 18.8. The van der Waals surface area contributed by atoms with Crippen LogP contribution < -0.4 is 5.19 Å². The van der Waals surface area contributed by atoms with Crippen LogP contribution in [0.1, 0.15) is 64.5 Å². The third-order valence-corrected chi connectivity index (χ3v) is 10.2. The van der Waals surface area contributed by atoms with Crippen molar-refractivity contribution in [1.82, 2.24) is 9.97 Å². The van der Waals surface area contributed by atoms with Gasteiger partial charge in [-0.05, 0) is 50.5 Å². The van der Waals surface area contributed by atoms with E-state index in [9.17, 15) is 0 Å². The van der Waals surface area contributed by atoms with Gasteiger partial charge in [0.05, 0.1) is 8.07 Å². The number of aromatic nitrogens is 2. The van der Waals surface area contributed by atoms with Crippen molar-refractivity contribution in [3.8, 4) is 33.6 Å². The molecule has 1 radical (unpaired) electrons. The van der Waals surface area contributed by atoms with Crippen molar-refractivity contribution in [3.63, 3.8) is 0 Å². The zero-order valence-electron chi connectivity index (χ0n) is 27.7. The number of hydrogen-bond acceptors (Lipinski definition) is 2. The first-order valence-electron chi connectivity index (χ1n) is 15.4. The van der Waals surface area contributed by atoms with Gasteiger partial charge in [-0.3, -0.25) is 0 Å². The van der Waals surface area contributed by atoms with Crippen LogP contribution in [0.25, 0.3) is 33.6 Å². The number of nitrogens with zero attached hydrogens (tertiary/aromatic N) is 2. The molecule has 2 nitrogen and oxygen atoms in total. The van der Waals surface area contributed by atoms with Crippen molar-refractivity contribution in [2.24, 2.45) is 5.41 Å². The van der Waals surface area contributed by atoms with E-state index in [-0.39, 0.29) is 25.5 Å². The van der Waals surface area contributed by atoms with Gasteiger partial charge in [0.2, 0.25) is 0 Å². The van der Waals surface area contributed by atoms with Gasteiger partial charge < -0.3 is 9.97 Å². The van der Waals surface area contributed by atoms with Crippen molar-refractivity contribution in [1.29, 1.82) is 0 Å². The predicted molar refractivity (Wildman–Crippen MR) is 187 cm³/mol. The summed E-state index contributed by atoms with van der Waals surface area (Å²) >= 11 is 0. The zero-order chi connectivity index (χ0) is 31.2. The third-order valence-electron chi connectivity index (χ3n) is 8.12. The number of rotatable bonds is 6. The zero-order valence-corrected chi connectivity index (χ0v) is 31.1. The molecule has 0 amide bonds. The molecule has 1 atom stereocenters. The molecule has 0 aliphatic heterocycles. The molecule has 2 aromatic heterocycles. The molecule has 0 bridgehead atoms. The second-order valence-electron chi connectivity index (χ2n) is 13.7. The molecule has 0 saturated heterocycles. The third kappa shape index (κ3) is 8.94. The molecule has 2 heterocycles. The molecular weight excluding hydrogens is 729 g/mol. The summed E-state index contributed by atoms with van der Waals surface area (Å²) in [4.78, 5) is 9.37. The Morgan fingerprint density at radius 2 is 1.18 bits per heavy atom. The minimum Gasteiger partial charge on any atom is -0.305 e. The van der Waals surface area contributed by atoms with Gasteiger partial charge in [0.1, 0.15) is 0 Å². The smallest absolute Gasteiger partial charge is 0.0799 e. The Morgan fingerprint density at radius 1 is 0.659 bits per heavy atom. The molecule has 0 N–H and O–H groups in total. The van der Waals surface area contributed by atoms with E-state index >= 15 is 0 Å². The normalized spacial score (nSPS) is 12.1. The fourth-order valence-corrected chi connectivity index (χ4v) is 6.72. The van der Waals surface area contributed by atoms with Gasteiger partial charge in [-0.2, -0.15) is 0 Å². The maximum absolute atomic E-state index is 4.74. The number of benzene rings is 3. The minimum absolute atomic E-state index is 0. The number of pyridine rings is 2. The van der Waals surface area contributed by atoms with Gasteiger partial charge in [-0.1, -0.05) is 109 Å². The summed E-state index contributed by atoms with van der Waals surface area (Å²) in [6, 6.07) is 37.6. The predicted octanol–water partition coefficient (Wildman–Crippen LogP) is 10.6. The van der Waals surface area contributed by atoms with Gasteiger partial charge in [0.25, 0.3) is 0 Å². The van der Waals surface area contributed by atoms with Crippen LogP contribution in [0.2, 0.25) is 19.6 Å². The van der Waals surface area contributed by atoms with Gasteiger partial charge in [-0.15, -0.1) is 71.8 Å². The summed E-state index contributed by atoms with van der Waals surface area (Å²) in [5.74, 6) is 0.946. The van der Waals surface area contributed by atoms with Crippen molar-refractivity contribution in [3.05, 3.63) is 127 Å². The van der Waals surface area contributed by atoms with E-state index in [1.54, 1.807) is 0 Å². The maximum Gasteiger partial charge on any atom is 0.0799 e. The Bertz CT molecular complexity index is 1600. The van der Waals surface area contributed by atoms with Crippen LogP contribution >= 0.6 is 0 Å². The Morgan fingerprint density at radius 3 is 1.66 bits per heavy atom. The summed E-state index contributed by atoms with van der Waals surface area (Å²) in [5.41, 5.74) is 9.60. The van der Waals surface area contributed by atoms with Crippen LogP contribution in [0.4, 0.5) is 0 Å². The Hall–Kier alpha value is -3.17. The van der Waals surface area contributed by atoms with E-state index < -0.39 is 8.07 Å². The summed E-state index contributed by atoms with van der Waals surface area (Å²) in [5, 5.41) is 1.48. The van der Waals surface area contributed by atoms with Gasteiger partial charge in [0.15, 0.2) is 0 Å². The molecule has 0 fully saturated rings. The first-order chi connectivity index (χ1) is 20.4. The monoisotopic (exact) mass is 775 g/mol. The van der Waals surface area contributed by atoms with Crippen molar-refractivity contribution in [2.75, 3.05) is 0 Å². The molecule has 5 aromatic rings. The van der Waals surface area contributed by atoms with E-state index in [2.05, 4.69) is 127 Å². The van der Waals surface area contributed by atoms with Crippen LogP contribution in [0, 0.1) is 17.5 Å². The molecule has 3 aromatic carbocycles. The van der Waals surface area contributed by atoms with E-state index in [0.29, 0.717) is 11.8 Å². The quantitative estimate of drug-likeness (QED) is 0.127. The Labute approximate surface area is 280 Å². The van der Waals surface area contributed by atoms with Gasteiger partial charge in [0, 0.05) is 32.5 Å². The van der Waals surface area contributed by atoms with E-state index in [0.717, 1.165) is 22.5 Å². The van der Waals surface area contributed by atoms with Crippen molar-refractivity contribution < 1.29 is 20.1 Å². The molecule has 4 heteroatoms. The van der Waals surface area contributed by atoms with Crippen LogP contribution in [0.15, 0.2) is 103 Å². The maximum atomic E-state index is 4.74. The van der Waals surface area contributed by atoms with Crippen molar-refractivity contribution >= 4 is 13.3 Å². The molecule has 0 aliphatic carbocycles. The van der Waals surface area contributed by atoms with Crippen molar-refractivity contribution in [2.45, 2.75) is 73.0 Å². The van der Waals surface area contributed by atoms with E-state index in [4.69, 9.17) is 4.98 Å². The Balaban J connectivity index is 0.000000235. The summed E-state index contributed by atoms with van der Waals surface area (Å²) in [7, 11) is -1.42. The average Bonchev–Trinajstić information content (AvgIpc) is 3.01. The summed E-state index contributed by atoms with van der Waals surface area (Å²) < 4.78 is 0. The topological polar surface area (TPSA) is 25.8 Å². The second kappa shape index (κ2) is 15.2. The fourth-order valence-electron chi connectivity index (χ4n) is 5.12. The largest absolute Gasteiger partial charge is 0.305 e. The molecule has 1 unspecified atom stereocenters. The Kier molecular flexibility index (Phi) is 12.2. The standard InChI is InChI=1S/C20H28NSi.C20H18N.Ir/c1-15(20(2,3)4)17-13-18(16-11-9-8-10-12-16)21-14-19(17)22(5,6)7;1-15(2)19-14-21-20(17-11-7-4-8-12-17)13-18(19)16-9-5-3-6-10-16;/h8-11,13-15H,1-7H3;3-11,13-15H,1-2H3;/q2*-1;. The van der Waals surface area contributed by atoms with Crippen LogP contribution in [0.3, 0.4) is 0 Å². The molecule has 0 spiro atoms. The van der Waals surface area contributed by atoms with E-state index in [1.165, 1.54) is 27.4 Å². The molecule has 231 valence electrons. The van der Waals surface area contributed by atoms with E-state index in [1.807, 2.05) is 54.7 Å². The average molecular weight is 775 g/mol. The SMILES string of the molecule is CC(C)c1cnc(-c2[c-]cccc2)cc1-c1ccccc1.CC(c1cc(-c2[c-]cccc2)ncc1[Si](C)(C)C)C(C)(C)C.[Ir]. The number of hydrogen-bond donors (Lipinski definition) is 0. The molecule has 44 heavy (non-hydrogen) atoms. The first kappa shape index (κ1) is 35.3.